The number of carbonyl (C=O) groups is 3. The first-order valence-corrected chi connectivity index (χ1v) is 7.47. The van der Waals surface area contributed by atoms with E-state index in [1.165, 1.54) is 9.80 Å². The molecule has 4 amide bonds. The van der Waals surface area contributed by atoms with Crippen molar-refractivity contribution in [1.29, 1.82) is 0 Å². The number of piperazine rings is 1. The first-order valence-electron chi connectivity index (χ1n) is 7.47. The van der Waals surface area contributed by atoms with Gasteiger partial charge >= 0.3 is 6.03 Å². The zero-order chi connectivity index (χ0) is 17.1. The fourth-order valence-electron chi connectivity index (χ4n) is 2.80. The van der Waals surface area contributed by atoms with Gasteiger partial charge in [0.25, 0.3) is 0 Å². The number of rotatable bonds is 3. The van der Waals surface area contributed by atoms with Crippen LogP contribution in [0.2, 0.25) is 0 Å². The van der Waals surface area contributed by atoms with E-state index in [0.29, 0.717) is 13.1 Å². The lowest BCUT2D eigenvalue weighted by molar-refractivity contribution is -0.138. The highest BCUT2D eigenvalue weighted by Crippen LogP contribution is 2.22. The molecule has 0 spiro atoms. The van der Waals surface area contributed by atoms with Gasteiger partial charge in [-0.05, 0) is 31.9 Å². The van der Waals surface area contributed by atoms with Crippen molar-refractivity contribution in [3.8, 4) is 0 Å². The highest BCUT2D eigenvalue weighted by Gasteiger charge is 2.28. The van der Waals surface area contributed by atoms with E-state index in [1.807, 2.05) is 32.9 Å². The third-order valence-corrected chi connectivity index (χ3v) is 3.86. The van der Waals surface area contributed by atoms with Gasteiger partial charge in [0.15, 0.2) is 0 Å². The molecular weight excluding hydrogens is 296 g/mol. The molecule has 7 nitrogen and oxygen atoms in total. The molecule has 1 aromatic carbocycles. The summed E-state index contributed by atoms with van der Waals surface area (Å²) in [5.41, 5.74) is 8.97. The normalized spacial score (nSPS) is 14.8. The molecule has 7 heteroatoms. The maximum absolute atomic E-state index is 12.4. The molecular formula is C16H22N4O3. The Morgan fingerprint density at radius 3 is 2.30 bits per heavy atom. The summed E-state index contributed by atoms with van der Waals surface area (Å²) >= 11 is 0. The molecule has 1 aliphatic rings. The van der Waals surface area contributed by atoms with Crippen LogP contribution in [0.5, 0.6) is 0 Å². The van der Waals surface area contributed by atoms with Crippen LogP contribution >= 0.6 is 0 Å². The highest BCUT2D eigenvalue weighted by molar-refractivity contribution is 5.95. The van der Waals surface area contributed by atoms with Gasteiger partial charge < -0.3 is 20.9 Å². The van der Waals surface area contributed by atoms with E-state index in [4.69, 9.17) is 5.73 Å². The molecule has 1 aliphatic heterocycles. The Morgan fingerprint density at radius 2 is 1.78 bits per heavy atom. The monoisotopic (exact) mass is 318 g/mol. The molecule has 0 radical (unpaired) electrons. The highest BCUT2D eigenvalue weighted by atomic mass is 16.2. The summed E-state index contributed by atoms with van der Waals surface area (Å²) in [6, 6.07) is 3.68. The van der Waals surface area contributed by atoms with Gasteiger partial charge in [-0.3, -0.25) is 9.59 Å². The minimum atomic E-state index is -0.554. The largest absolute Gasteiger partial charge is 0.368 e. The second-order valence-electron chi connectivity index (χ2n) is 5.91. The second kappa shape index (κ2) is 6.68. The Kier molecular flexibility index (Phi) is 4.88. The fourth-order valence-corrected chi connectivity index (χ4v) is 2.80. The molecule has 0 unspecified atom stereocenters. The van der Waals surface area contributed by atoms with E-state index in [9.17, 15) is 14.4 Å². The van der Waals surface area contributed by atoms with Crippen LogP contribution in [-0.4, -0.2) is 53.8 Å². The van der Waals surface area contributed by atoms with Crippen molar-refractivity contribution in [2.45, 2.75) is 20.8 Å². The number of nitrogens with two attached hydrogens (primary N) is 1. The first-order chi connectivity index (χ1) is 10.8. The lowest BCUT2D eigenvalue weighted by Crippen LogP contribution is -2.54. The van der Waals surface area contributed by atoms with Gasteiger partial charge in [0.1, 0.15) is 6.54 Å². The van der Waals surface area contributed by atoms with Crippen LogP contribution in [0, 0.1) is 20.8 Å². The van der Waals surface area contributed by atoms with Crippen molar-refractivity contribution in [3.05, 3.63) is 28.8 Å². The summed E-state index contributed by atoms with van der Waals surface area (Å²) in [6.07, 6.45) is 0. The molecule has 0 aliphatic carbocycles. The van der Waals surface area contributed by atoms with Gasteiger partial charge in [-0.25, -0.2) is 4.79 Å². The number of hydrogen-bond acceptors (Lipinski definition) is 3. The molecule has 1 fully saturated rings. The molecule has 2 rings (SSSR count). The quantitative estimate of drug-likeness (QED) is 0.862. The summed E-state index contributed by atoms with van der Waals surface area (Å²) in [4.78, 5) is 38.1. The summed E-state index contributed by atoms with van der Waals surface area (Å²) < 4.78 is 0. The molecule has 1 heterocycles. The summed E-state index contributed by atoms with van der Waals surface area (Å²) in [5.74, 6) is -0.829. The van der Waals surface area contributed by atoms with Crippen LogP contribution in [0.25, 0.3) is 0 Å². The predicted octanol–water partition coefficient (Wildman–Crippen LogP) is 0.773. The van der Waals surface area contributed by atoms with E-state index >= 15 is 0 Å². The molecule has 3 N–H and O–H groups in total. The van der Waals surface area contributed by atoms with E-state index < -0.39 is 5.91 Å². The Labute approximate surface area is 135 Å². The average Bonchev–Trinajstić information content (AvgIpc) is 2.44. The molecule has 124 valence electrons. The number of amides is 4. The summed E-state index contributed by atoms with van der Waals surface area (Å²) in [5, 5.41) is 2.88. The van der Waals surface area contributed by atoms with Crippen molar-refractivity contribution in [2.24, 2.45) is 5.73 Å². The lowest BCUT2D eigenvalue weighted by atomic mass is 10.1. The van der Waals surface area contributed by atoms with Crippen LogP contribution in [0.4, 0.5) is 10.5 Å². The predicted molar refractivity (Wildman–Crippen MR) is 87.0 cm³/mol. The molecule has 1 saturated heterocycles. The number of urea groups is 1. The zero-order valence-electron chi connectivity index (χ0n) is 13.7. The van der Waals surface area contributed by atoms with Crippen molar-refractivity contribution >= 4 is 23.5 Å². The first kappa shape index (κ1) is 16.8. The van der Waals surface area contributed by atoms with Crippen LogP contribution in [0.1, 0.15) is 16.7 Å². The van der Waals surface area contributed by atoms with Crippen LogP contribution in [0.3, 0.4) is 0 Å². The summed E-state index contributed by atoms with van der Waals surface area (Å²) in [6.45, 7) is 6.39. The number of anilines is 1. The number of benzene rings is 1. The van der Waals surface area contributed by atoms with Crippen LogP contribution in [-0.2, 0) is 9.59 Å². The van der Waals surface area contributed by atoms with Gasteiger partial charge in [-0.1, -0.05) is 17.7 Å². The summed E-state index contributed by atoms with van der Waals surface area (Å²) in [7, 11) is 0. The molecule has 23 heavy (non-hydrogen) atoms. The smallest absolute Gasteiger partial charge is 0.322 e. The van der Waals surface area contributed by atoms with E-state index in [1.54, 1.807) is 0 Å². The topological polar surface area (TPSA) is 95.7 Å². The number of carbonyl (C=O) groups excluding carboxylic acids is 3. The van der Waals surface area contributed by atoms with E-state index in [-0.39, 0.29) is 25.0 Å². The number of nitrogens with zero attached hydrogens (tertiary/aromatic N) is 2. The van der Waals surface area contributed by atoms with Crippen molar-refractivity contribution < 1.29 is 14.4 Å². The van der Waals surface area contributed by atoms with Gasteiger partial charge in [0, 0.05) is 18.8 Å². The number of nitrogens with one attached hydrogen (secondary N) is 1. The molecule has 0 aromatic heterocycles. The Hall–Kier alpha value is -2.57. The van der Waals surface area contributed by atoms with Gasteiger partial charge in [-0.15, -0.1) is 0 Å². The molecule has 1 aromatic rings. The van der Waals surface area contributed by atoms with E-state index in [2.05, 4.69) is 5.32 Å². The second-order valence-corrected chi connectivity index (χ2v) is 5.91. The number of primary amides is 1. The van der Waals surface area contributed by atoms with Crippen molar-refractivity contribution in [1.82, 2.24) is 9.80 Å². The fraction of sp³-hybridized carbons (Fsp3) is 0.438. The average molecular weight is 318 g/mol. The maximum atomic E-state index is 12.4. The third-order valence-electron chi connectivity index (χ3n) is 3.86. The molecule has 0 saturated carbocycles. The van der Waals surface area contributed by atoms with Gasteiger partial charge in [-0.2, -0.15) is 0 Å². The standard InChI is InChI=1S/C16H22N4O3/c1-10-6-11(2)15(12(3)7-10)18-16(23)20-5-4-19(8-13(17)21)14(22)9-20/h6-7H,4-5,8-9H2,1-3H3,(H2,17,21)(H,18,23). The SMILES string of the molecule is Cc1cc(C)c(NC(=O)N2CCN(CC(N)=O)C(=O)C2)c(C)c1. The number of aryl methyl sites for hydroxylation is 3. The van der Waals surface area contributed by atoms with Crippen LogP contribution < -0.4 is 11.1 Å². The minimum absolute atomic E-state index is 0.0525. The Bertz CT molecular complexity index is 634. The van der Waals surface area contributed by atoms with Gasteiger partial charge in [0.05, 0.1) is 6.54 Å². The lowest BCUT2D eigenvalue weighted by Gasteiger charge is -2.33. The zero-order valence-corrected chi connectivity index (χ0v) is 13.7. The van der Waals surface area contributed by atoms with E-state index in [0.717, 1.165) is 22.4 Å². The minimum Gasteiger partial charge on any atom is -0.368 e. The number of hydrogen-bond donors (Lipinski definition) is 2. The van der Waals surface area contributed by atoms with Gasteiger partial charge in [0.2, 0.25) is 11.8 Å². The van der Waals surface area contributed by atoms with Crippen molar-refractivity contribution in [3.63, 3.8) is 0 Å². The Balaban J connectivity index is 2.03. The maximum Gasteiger partial charge on any atom is 0.322 e. The van der Waals surface area contributed by atoms with Crippen molar-refractivity contribution in [2.75, 3.05) is 31.5 Å². The molecule has 0 bridgehead atoms. The Morgan fingerprint density at radius 1 is 1.17 bits per heavy atom. The van der Waals surface area contributed by atoms with Crippen LogP contribution in [0.15, 0.2) is 12.1 Å². The third kappa shape index (κ3) is 4.00. The molecule has 0 atom stereocenters.